The molecule has 0 unspecified atom stereocenters. The second kappa shape index (κ2) is 4.10. The molecule has 0 aliphatic heterocycles. The van der Waals surface area contributed by atoms with Gasteiger partial charge in [-0.15, -0.1) is 10.2 Å². The van der Waals surface area contributed by atoms with Gasteiger partial charge in [-0.25, -0.2) is 0 Å². The quantitative estimate of drug-likeness (QED) is 0.400. The van der Waals surface area contributed by atoms with Crippen molar-refractivity contribution < 1.29 is 0 Å². The Hall–Kier alpha value is -1.04. The lowest BCUT2D eigenvalue weighted by atomic mass is 10.5. The fourth-order valence-corrected chi connectivity index (χ4v) is 1.52. The summed E-state index contributed by atoms with van der Waals surface area (Å²) in [7, 11) is 1.89. The maximum atomic E-state index is 7.00. The van der Waals surface area contributed by atoms with Gasteiger partial charge in [0.05, 0.1) is 5.84 Å². The van der Waals surface area contributed by atoms with Gasteiger partial charge in [0.25, 0.3) is 0 Å². The third kappa shape index (κ3) is 2.54. The highest BCUT2D eigenvalue weighted by atomic mass is 32.2. The Morgan fingerprint density at radius 1 is 1.83 bits per heavy atom. The largest absolute Gasteiger partial charge is 0.388 e. The molecule has 6 heteroatoms. The van der Waals surface area contributed by atoms with Gasteiger partial charge in [-0.2, -0.15) is 0 Å². The number of hydrogen-bond acceptors (Lipinski definition) is 4. The Balaban J connectivity index is 2.33. The molecule has 1 aromatic rings. The molecule has 5 nitrogen and oxygen atoms in total. The fraction of sp³-hybridized carbons (Fsp3) is 0.500. The zero-order valence-electron chi connectivity index (χ0n) is 6.82. The summed E-state index contributed by atoms with van der Waals surface area (Å²) in [4.78, 5) is 0. The van der Waals surface area contributed by atoms with Crippen LogP contribution in [-0.4, -0.2) is 26.4 Å². The number of aromatic nitrogens is 3. The highest BCUT2D eigenvalue weighted by Crippen LogP contribution is 2.13. The van der Waals surface area contributed by atoms with Gasteiger partial charge in [-0.05, 0) is 0 Å². The van der Waals surface area contributed by atoms with E-state index in [9.17, 15) is 0 Å². The maximum absolute atomic E-state index is 7.00. The summed E-state index contributed by atoms with van der Waals surface area (Å²) in [6, 6.07) is 0. The highest BCUT2D eigenvalue weighted by Gasteiger charge is 2.00. The molecule has 0 amide bonds. The number of thioether (sulfide) groups is 1. The maximum Gasteiger partial charge on any atom is 0.190 e. The smallest absolute Gasteiger partial charge is 0.190 e. The molecule has 0 atom stereocenters. The van der Waals surface area contributed by atoms with Crippen LogP contribution in [-0.2, 0) is 7.05 Å². The fourth-order valence-electron chi connectivity index (χ4n) is 0.656. The molecular weight excluding hydrogens is 174 g/mol. The van der Waals surface area contributed by atoms with Crippen LogP contribution >= 0.6 is 11.8 Å². The average molecular weight is 185 g/mol. The Labute approximate surface area is 74.9 Å². The first kappa shape index (κ1) is 9.05. The van der Waals surface area contributed by atoms with E-state index in [-0.39, 0.29) is 5.84 Å². The predicted molar refractivity (Wildman–Crippen MR) is 48.3 cm³/mol. The summed E-state index contributed by atoms with van der Waals surface area (Å²) in [5.41, 5.74) is 5.20. The molecule has 0 radical (unpaired) electrons. The molecule has 0 saturated carbocycles. The Bertz CT molecular complexity index is 269. The van der Waals surface area contributed by atoms with Crippen LogP contribution in [0.5, 0.6) is 0 Å². The van der Waals surface area contributed by atoms with Crippen LogP contribution in [0, 0.1) is 5.41 Å². The van der Waals surface area contributed by atoms with Crippen molar-refractivity contribution in [3.63, 3.8) is 0 Å². The number of nitrogens with one attached hydrogen (secondary N) is 1. The van der Waals surface area contributed by atoms with Gasteiger partial charge < -0.3 is 10.3 Å². The molecular formula is C6H11N5S. The van der Waals surface area contributed by atoms with Gasteiger partial charge in [0.2, 0.25) is 0 Å². The molecule has 1 aromatic heterocycles. The van der Waals surface area contributed by atoms with Gasteiger partial charge in [0.1, 0.15) is 6.33 Å². The number of amidine groups is 1. The molecule has 0 aliphatic rings. The minimum atomic E-state index is 0.213. The zero-order chi connectivity index (χ0) is 8.97. The Morgan fingerprint density at radius 2 is 2.58 bits per heavy atom. The van der Waals surface area contributed by atoms with Crippen molar-refractivity contribution >= 4 is 17.6 Å². The minimum Gasteiger partial charge on any atom is -0.388 e. The van der Waals surface area contributed by atoms with E-state index in [4.69, 9.17) is 11.1 Å². The molecule has 1 heterocycles. The lowest BCUT2D eigenvalue weighted by Crippen LogP contribution is -2.10. The van der Waals surface area contributed by atoms with Crippen molar-refractivity contribution in [1.82, 2.24) is 14.8 Å². The van der Waals surface area contributed by atoms with Crippen molar-refractivity contribution in [1.29, 1.82) is 5.41 Å². The lowest BCUT2D eigenvalue weighted by molar-refractivity contribution is 0.788. The van der Waals surface area contributed by atoms with E-state index in [1.165, 1.54) is 0 Å². The number of aryl methyl sites for hydroxylation is 1. The molecule has 12 heavy (non-hydrogen) atoms. The van der Waals surface area contributed by atoms with E-state index in [2.05, 4.69) is 10.2 Å². The van der Waals surface area contributed by atoms with E-state index < -0.39 is 0 Å². The van der Waals surface area contributed by atoms with Gasteiger partial charge in [0, 0.05) is 19.2 Å². The van der Waals surface area contributed by atoms with Gasteiger partial charge in [-0.3, -0.25) is 5.41 Å². The van der Waals surface area contributed by atoms with E-state index in [1.807, 2.05) is 11.6 Å². The lowest BCUT2D eigenvalue weighted by Gasteiger charge is -1.98. The Morgan fingerprint density at radius 3 is 3.08 bits per heavy atom. The van der Waals surface area contributed by atoms with Crippen molar-refractivity contribution in [2.45, 2.75) is 11.6 Å². The molecule has 0 fully saturated rings. The Kier molecular flexibility index (Phi) is 3.09. The van der Waals surface area contributed by atoms with Gasteiger partial charge in [-0.1, -0.05) is 11.8 Å². The molecule has 0 aromatic carbocycles. The van der Waals surface area contributed by atoms with Crippen LogP contribution in [0.1, 0.15) is 6.42 Å². The number of rotatable bonds is 4. The minimum absolute atomic E-state index is 0.213. The molecule has 66 valence electrons. The summed E-state index contributed by atoms with van der Waals surface area (Å²) >= 11 is 1.55. The zero-order valence-corrected chi connectivity index (χ0v) is 7.64. The van der Waals surface area contributed by atoms with E-state index in [1.54, 1.807) is 18.1 Å². The molecule has 0 saturated heterocycles. The van der Waals surface area contributed by atoms with Crippen LogP contribution in [0.2, 0.25) is 0 Å². The van der Waals surface area contributed by atoms with Crippen LogP contribution in [0.3, 0.4) is 0 Å². The molecule has 3 N–H and O–H groups in total. The van der Waals surface area contributed by atoms with Crippen molar-refractivity contribution in [3.05, 3.63) is 6.33 Å². The number of nitrogens with two attached hydrogens (primary N) is 1. The van der Waals surface area contributed by atoms with Crippen molar-refractivity contribution in [2.24, 2.45) is 12.8 Å². The first-order valence-electron chi connectivity index (χ1n) is 3.50. The SMILES string of the molecule is Cn1cnnc1SCCC(=N)N. The molecule has 1 rings (SSSR count). The third-order valence-corrected chi connectivity index (χ3v) is 2.31. The second-order valence-electron chi connectivity index (χ2n) is 2.35. The van der Waals surface area contributed by atoms with Crippen LogP contribution in [0.15, 0.2) is 11.5 Å². The highest BCUT2D eigenvalue weighted by molar-refractivity contribution is 7.99. The second-order valence-corrected chi connectivity index (χ2v) is 3.41. The summed E-state index contributed by atoms with van der Waals surface area (Å²) in [5.74, 6) is 0.992. The topological polar surface area (TPSA) is 80.6 Å². The van der Waals surface area contributed by atoms with Gasteiger partial charge >= 0.3 is 0 Å². The average Bonchev–Trinajstić information content (AvgIpc) is 2.36. The van der Waals surface area contributed by atoms with E-state index in [0.717, 1.165) is 10.9 Å². The van der Waals surface area contributed by atoms with Crippen LogP contribution < -0.4 is 5.73 Å². The monoisotopic (exact) mass is 185 g/mol. The molecule has 0 bridgehead atoms. The third-order valence-electron chi connectivity index (χ3n) is 1.27. The van der Waals surface area contributed by atoms with E-state index >= 15 is 0 Å². The first-order valence-corrected chi connectivity index (χ1v) is 4.48. The van der Waals surface area contributed by atoms with Crippen molar-refractivity contribution in [2.75, 3.05) is 5.75 Å². The summed E-state index contributed by atoms with van der Waals surface area (Å²) < 4.78 is 1.84. The van der Waals surface area contributed by atoms with E-state index in [0.29, 0.717) is 6.42 Å². The normalized spacial score (nSPS) is 10.1. The van der Waals surface area contributed by atoms with Crippen LogP contribution in [0.25, 0.3) is 0 Å². The van der Waals surface area contributed by atoms with Crippen molar-refractivity contribution in [3.8, 4) is 0 Å². The summed E-state index contributed by atoms with van der Waals surface area (Å²) in [5, 5.41) is 15.5. The summed E-state index contributed by atoms with van der Waals surface area (Å²) in [6.07, 6.45) is 2.24. The predicted octanol–water partition coefficient (Wildman–Crippen LogP) is 0.233. The molecule has 0 spiro atoms. The summed E-state index contributed by atoms with van der Waals surface area (Å²) in [6.45, 7) is 0. The number of nitrogens with zero attached hydrogens (tertiary/aromatic N) is 3. The molecule has 0 aliphatic carbocycles. The number of hydrogen-bond donors (Lipinski definition) is 2. The standard InChI is InChI=1S/C6H11N5S/c1-11-4-9-10-6(11)12-3-2-5(7)8/h4H,2-3H2,1H3,(H3,7,8). The van der Waals surface area contributed by atoms with Gasteiger partial charge in [0.15, 0.2) is 5.16 Å². The van der Waals surface area contributed by atoms with Crippen LogP contribution in [0.4, 0.5) is 0 Å². The first-order chi connectivity index (χ1) is 5.70.